The van der Waals surface area contributed by atoms with Crippen molar-refractivity contribution in [2.45, 2.75) is 24.8 Å². The van der Waals surface area contributed by atoms with E-state index in [1.54, 1.807) is 30.8 Å². The molecule has 10 nitrogen and oxygen atoms in total. The number of nitrogens with zero attached hydrogens (tertiary/aromatic N) is 6. The Hall–Kier alpha value is -3.05. The van der Waals surface area contributed by atoms with E-state index in [1.165, 1.54) is 27.2 Å². The van der Waals surface area contributed by atoms with Crippen LogP contribution in [0.3, 0.4) is 0 Å². The second kappa shape index (κ2) is 8.98. The number of aromatic nitrogens is 6. The summed E-state index contributed by atoms with van der Waals surface area (Å²) in [6.07, 6.45) is 2.09. The molecule has 0 aliphatic heterocycles. The first-order valence-corrected chi connectivity index (χ1v) is 10.8. The Morgan fingerprint density at radius 3 is 2.81 bits per heavy atom. The Morgan fingerprint density at radius 1 is 1.19 bits per heavy atom. The molecular formula is C19H19ClN6O4S. The van der Waals surface area contributed by atoms with Crippen molar-refractivity contribution in [1.29, 1.82) is 0 Å². The molecule has 3 aromatic heterocycles. The summed E-state index contributed by atoms with van der Waals surface area (Å²) in [4.78, 5) is 29.3. The minimum atomic E-state index is -0.391. The number of halogens is 1. The predicted molar refractivity (Wildman–Crippen MR) is 116 cm³/mol. The van der Waals surface area contributed by atoms with Crippen LogP contribution in [-0.2, 0) is 27.2 Å². The van der Waals surface area contributed by atoms with Crippen molar-refractivity contribution in [3.05, 3.63) is 62.3 Å². The third-order valence-corrected chi connectivity index (χ3v) is 5.81. The molecule has 0 saturated heterocycles. The quantitative estimate of drug-likeness (QED) is 0.289. The van der Waals surface area contributed by atoms with Crippen LogP contribution in [0.25, 0.3) is 11.2 Å². The molecule has 1 aromatic carbocycles. The van der Waals surface area contributed by atoms with Gasteiger partial charge < -0.3 is 13.7 Å². The van der Waals surface area contributed by atoms with Crippen molar-refractivity contribution in [2.24, 2.45) is 14.1 Å². The molecule has 3 heterocycles. The first kappa shape index (κ1) is 21.2. The summed E-state index contributed by atoms with van der Waals surface area (Å²) in [7, 11) is 3.33. The average Bonchev–Trinajstić information content (AvgIpc) is 3.37. The highest BCUT2D eigenvalue weighted by Gasteiger charge is 2.15. The van der Waals surface area contributed by atoms with E-state index in [1.807, 2.05) is 12.1 Å². The van der Waals surface area contributed by atoms with Gasteiger partial charge in [0.05, 0.1) is 11.3 Å². The van der Waals surface area contributed by atoms with Gasteiger partial charge in [0.1, 0.15) is 5.75 Å². The summed E-state index contributed by atoms with van der Waals surface area (Å²) < 4.78 is 15.4. The Labute approximate surface area is 185 Å². The molecule has 0 saturated carbocycles. The first-order chi connectivity index (χ1) is 15.0. The maximum absolute atomic E-state index is 12.7. The van der Waals surface area contributed by atoms with E-state index in [0.717, 1.165) is 0 Å². The lowest BCUT2D eigenvalue weighted by Gasteiger charge is -2.08. The van der Waals surface area contributed by atoms with Crippen LogP contribution in [0, 0.1) is 0 Å². The minimum absolute atomic E-state index is 0.105. The van der Waals surface area contributed by atoms with E-state index in [9.17, 15) is 9.59 Å². The SMILES string of the molecule is Cn1cnc2c1c(=O)n(CCCSc1nnc(COc3ccccc3Cl)o1)c(=O)n2C. The van der Waals surface area contributed by atoms with E-state index in [0.29, 0.717) is 45.2 Å². The van der Waals surface area contributed by atoms with Crippen molar-refractivity contribution in [2.75, 3.05) is 5.75 Å². The summed E-state index contributed by atoms with van der Waals surface area (Å²) in [5.74, 6) is 1.45. The second-order valence-electron chi connectivity index (χ2n) is 6.71. The molecule has 0 bridgehead atoms. The van der Waals surface area contributed by atoms with Gasteiger partial charge in [-0.05, 0) is 18.6 Å². The number of hydrogen-bond acceptors (Lipinski definition) is 8. The van der Waals surface area contributed by atoms with Crippen LogP contribution in [0.15, 0.2) is 49.8 Å². The monoisotopic (exact) mass is 462 g/mol. The molecule has 31 heavy (non-hydrogen) atoms. The molecule has 0 aliphatic carbocycles. The zero-order valence-electron chi connectivity index (χ0n) is 16.8. The number of ether oxygens (including phenoxy) is 1. The lowest BCUT2D eigenvalue weighted by Crippen LogP contribution is -2.39. The fourth-order valence-corrected chi connectivity index (χ4v) is 3.92. The molecule has 0 spiro atoms. The van der Waals surface area contributed by atoms with Gasteiger partial charge in [0, 0.05) is 26.4 Å². The van der Waals surface area contributed by atoms with Gasteiger partial charge in [-0.2, -0.15) is 0 Å². The molecule has 0 amide bonds. The highest BCUT2D eigenvalue weighted by atomic mass is 35.5. The number of para-hydroxylation sites is 1. The fourth-order valence-electron chi connectivity index (χ4n) is 3.03. The number of hydrogen-bond donors (Lipinski definition) is 0. The van der Waals surface area contributed by atoms with Gasteiger partial charge in [-0.25, -0.2) is 9.78 Å². The predicted octanol–water partition coefficient (Wildman–Crippen LogP) is 2.23. The summed E-state index contributed by atoms with van der Waals surface area (Å²) >= 11 is 7.39. The molecule has 162 valence electrons. The highest BCUT2D eigenvalue weighted by molar-refractivity contribution is 7.99. The van der Waals surface area contributed by atoms with Gasteiger partial charge in [-0.15, -0.1) is 10.2 Å². The topological polar surface area (TPSA) is 110 Å². The molecule has 0 fully saturated rings. The van der Waals surface area contributed by atoms with Crippen LogP contribution in [0.4, 0.5) is 0 Å². The number of fused-ring (bicyclic) bond motifs is 1. The van der Waals surface area contributed by atoms with E-state index < -0.39 is 5.69 Å². The van der Waals surface area contributed by atoms with Crippen LogP contribution >= 0.6 is 23.4 Å². The Bertz CT molecular complexity index is 1340. The van der Waals surface area contributed by atoms with Gasteiger partial charge in [0.2, 0.25) is 0 Å². The van der Waals surface area contributed by atoms with Gasteiger partial charge >= 0.3 is 5.69 Å². The van der Waals surface area contributed by atoms with Crippen molar-refractivity contribution < 1.29 is 9.15 Å². The zero-order chi connectivity index (χ0) is 22.0. The van der Waals surface area contributed by atoms with E-state index in [2.05, 4.69) is 15.2 Å². The lowest BCUT2D eigenvalue weighted by molar-refractivity contribution is 0.252. The van der Waals surface area contributed by atoms with Crippen LogP contribution in [-0.4, -0.2) is 34.6 Å². The molecule has 12 heteroatoms. The van der Waals surface area contributed by atoms with Crippen LogP contribution < -0.4 is 16.0 Å². The normalized spacial score (nSPS) is 11.3. The Balaban J connectivity index is 1.34. The molecule has 0 unspecified atom stereocenters. The van der Waals surface area contributed by atoms with Crippen LogP contribution in [0.5, 0.6) is 5.75 Å². The largest absolute Gasteiger partial charge is 0.482 e. The summed E-state index contributed by atoms with van der Waals surface area (Å²) in [6, 6.07) is 7.12. The summed E-state index contributed by atoms with van der Waals surface area (Å²) in [6.45, 7) is 0.379. The zero-order valence-corrected chi connectivity index (χ0v) is 18.4. The maximum atomic E-state index is 12.7. The number of benzene rings is 1. The second-order valence-corrected chi connectivity index (χ2v) is 8.16. The van der Waals surface area contributed by atoms with Gasteiger partial charge in [0.15, 0.2) is 17.8 Å². The van der Waals surface area contributed by atoms with Crippen molar-refractivity contribution in [1.82, 2.24) is 28.9 Å². The van der Waals surface area contributed by atoms with Crippen LogP contribution in [0.1, 0.15) is 12.3 Å². The minimum Gasteiger partial charge on any atom is -0.482 e. The molecule has 0 N–H and O–H groups in total. The number of rotatable bonds is 8. The van der Waals surface area contributed by atoms with Gasteiger partial charge in [-0.3, -0.25) is 13.9 Å². The number of imidazole rings is 1. The molecule has 0 aliphatic rings. The average molecular weight is 463 g/mol. The fraction of sp³-hybridized carbons (Fsp3) is 0.316. The summed E-state index contributed by atoms with van der Waals surface area (Å²) in [5.41, 5.74) is 0.0354. The third-order valence-electron chi connectivity index (χ3n) is 4.59. The maximum Gasteiger partial charge on any atom is 0.332 e. The molecule has 0 radical (unpaired) electrons. The molecule has 4 aromatic rings. The van der Waals surface area contributed by atoms with Crippen molar-refractivity contribution in [3.63, 3.8) is 0 Å². The number of aryl methyl sites for hydroxylation is 2. The molecule has 4 rings (SSSR count). The van der Waals surface area contributed by atoms with Crippen molar-refractivity contribution >= 4 is 34.5 Å². The van der Waals surface area contributed by atoms with E-state index in [-0.39, 0.29) is 18.7 Å². The van der Waals surface area contributed by atoms with Gasteiger partial charge in [0.25, 0.3) is 16.7 Å². The molecular weight excluding hydrogens is 444 g/mol. The smallest absolute Gasteiger partial charge is 0.332 e. The van der Waals surface area contributed by atoms with Crippen molar-refractivity contribution in [3.8, 4) is 5.75 Å². The Morgan fingerprint density at radius 2 is 2.00 bits per heavy atom. The van der Waals surface area contributed by atoms with Gasteiger partial charge in [-0.1, -0.05) is 35.5 Å². The first-order valence-electron chi connectivity index (χ1n) is 9.39. The third kappa shape index (κ3) is 4.37. The lowest BCUT2D eigenvalue weighted by atomic mass is 10.3. The molecule has 0 atom stereocenters. The van der Waals surface area contributed by atoms with Crippen LogP contribution in [0.2, 0.25) is 5.02 Å². The van der Waals surface area contributed by atoms with E-state index in [4.69, 9.17) is 20.8 Å². The standard InChI is InChI=1S/C19H19ClN6O4S/c1-24-11-21-16-15(24)17(27)26(19(28)25(16)2)8-5-9-31-18-23-22-14(30-18)10-29-13-7-4-3-6-12(13)20/h3-4,6-7,11H,5,8-10H2,1-2H3. The highest BCUT2D eigenvalue weighted by Crippen LogP contribution is 2.24. The Kier molecular flexibility index (Phi) is 6.14. The summed E-state index contributed by atoms with van der Waals surface area (Å²) in [5, 5.41) is 8.82. The van der Waals surface area contributed by atoms with E-state index >= 15 is 0 Å². The number of thioether (sulfide) groups is 1.